The Bertz CT molecular complexity index is 4170. The summed E-state index contributed by atoms with van der Waals surface area (Å²) in [5.74, 6) is 0.747. The van der Waals surface area contributed by atoms with Gasteiger partial charge < -0.3 is 30.2 Å². The molecule has 0 fully saturated rings. The highest BCUT2D eigenvalue weighted by molar-refractivity contribution is 5.79. The lowest BCUT2D eigenvalue weighted by Gasteiger charge is -2.24. The molecule has 7 heterocycles. The minimum Gasteiger partial charge on any atom is -0.440 e. The average Bonchev–Trinajstić information content (AvgIpc) is 1.82. The number of aliphatic imine (C=N–C) groups is 1. The van der Waals surface area contributed by atoms with Crippen LogP contribution in [0.5, 0.6) is 5.75 Å². The second kappa shape index (κ2) is 33.8. The van der Waals surface area contributed by atoms with E-state index in [2.05, 4.69) is 300 Å². The van der Waals surface area contributed by atoms with Crippen LogP contribution in [0.4, 0.5) is 15.8 Å². The smallest absolute Gasteiger partial charge is 0.283 e. The van der Waals surface area contributed by atoms with Gasteiger partial charge in [0.1, 0.15) is 0 Å². The van der Waals surface area contributed by atoms with Gasteiger partial charge in [-0.25, -0.2) is 4.39 Å². The van der Waals surface area contributed by atoms with Gasteiger partial charge in [-0.2, -0.15) is 0 Å². The van der Waals surface area contributed by atoms with E-state index in [1.165, 1.54) is 72.7 Å². The van der Waals surface area contributed by atoms with Gasteiger partial charge in [-0.3, -0.25) is 19.6 Å². The summed E-state index contributed by atoms with van der Waals surface area (Å²) < 4.78 is 19.7. The number of pyridine rings is 3. The Labute approximate surface area is 607 Å². The first-order valence-corrected chi connectivity index (χ1v) is 35.5. The van der Waals surface area contributed by atoms with Crippen molar-refractivity contribution in [2.75, 3.05) is 5.32 Å². The van der Waals surface area contributed by atoms with Crippen molar-refractivity contribution < 1.29 is 9.13 Å². The number of aromatic nitrogens is 3. The van der Waals surface area contributed by atoms with Gasteiger partial charge in [-0.15, -0.1) is 0 Å². The van der Waals surface area contributed by atoms with E-state index in [9.17, 15) is 14.0 Å². The lowest BCUT2D eigenvalue weighted by molar-refractivity contribution is 0.459. The molecule has 0 radical (unpaired) electrons. The van der Waals surface area contributed by atoms with Crippen molar-refractivity contribution >= 4 is 28.5 Å². The number of rotatable bonds is 0. The average molecular weight is 1370 g/mol. The number of benzene rings is 4. The number of allylic oxidation sites excluding steroid dienone is 6. The number of H-pyrrole nitrogens is 1. The fourth-order valence-electron chi connectivity index (χ4n) is 10.5. The monoisotopic (exact) mass is 1370 g/mol. The fraction of sp³-hybridized carbons (Fsp3) is 0.422. The summed E-state index contributed by atoms with van der Waals surface area (Å²) >= 11 is 0. The molecule has 542 valence electrons. The van der Waals surface area contributed by atoms with Gasteiger partial charge >= 0.3 is 0 Å². The summed E-state index contributed by atoms with van der Waals surface area (Å²) in [7, 11) is 1.78. The first kappa shape index (κ1) is 82.8. The maximum atomic E-state index is 12.8. The Morgan fingerprint density at radius 2 is 1.07 bits per heavy atom. The number of nitrogens with zero attached hydrogens (tertiary/aromatic N) is 3. The van der Waals surface area contributed by atoms with E-state index < -0.39 is 11.4 Å². The molecule has 1 aliphatic carbocycles. The minimum absolute atomic E-state index is 0.0444. The Morgan fingerprint density at radius 3 is 1.60 bits per heavy atom. The number of hydrogen-bond acceptors (Lipinski definition) is 8. The molecule has 10 nitrogen and oxygen atoms in total. The maximum Gasteiger partial charge on any atom is 0.283 e. The van der Waals surface area contributed by atoms with Crippen LogP contribution in [0, 0.1) is 16.6 Å². The van der Waals surface area contributed by atoms with E-state index >= 15 is 0 Å². The summed E-state index contributed by atoms with van der Waals surface area (Å²) in [6, 6.07) is 35.5. The summed E-state index contributed by atoms with van der Waals surface area (Å²) in [5, 5.41) is 10.7. The Morgan fingerprint density at radius 1 is 0.545 bits per heavy atom. The van der Waals surface area contributed by atoms with Crippen LogP contribution in [-0.4, -0.2) is 26.8 Å². The molecule has 0 saturated carbocycles. The van der Waals surface area contributed by atoms with Gasteiger partial charge in [0.15, 0.2) is 17.4 Å². The summed E-state index contributed by atoms with van der Waals surface area (Å²) in [4.78, 5) is 32.8. The molecule has 101 heavy (non-hydrogen) atoms. The first-order chi connectivity index (χ1) is 46.4. The predicted octanol–water partition coefficient (Wildman–Crippen LogP) is 22.2. The second-order valence-corrected chi connectivity index (χ2v) is 35.2. The lowest BCUT2D eigenvalue weighted by Crippen LogP contribution is -2.24. The van der Waals surface area contributed by atoms with Crippen LogP contribution < -0.4 is 31.8 Å². The molecule has 1 unspecified atom stereocenters. The topological polar surface area (TPSA) is 125 Å². The van der Waals surface area contributed by atoms with Crippen LogP contribution in [0.2, 0.25) is 0 Å². The van der Waals surface area contributed by atoms with Crippen molar-refractivity contribution in [3.05, 3.63) is 283 Å². The molecular weight excluding hydrogens is 1250 g/mol. The summed E-state index contributed by atoms with van der Waals surface area (Å²) in [6.07, 6.45) is 23.1. The lowest BCUT2D eigenvalue weighted by atomic mass is 9.85. The Balaban J connectivity index is 0.000000208. The second-order valence-electron chi connectivity index (χ2n) is 35.2. The molecule has 0 amide bonds. The number of aryl methyl sites for hydroxylation is 1. The van der Waals surface area contributed by atoms with Crippen LogP contribution in [0.3, 0.4) is 0 Å². The highest BCUT2D eigenvalue weighted by Crippen LogP contribution is 2.38. The molecule has 12 rings (SSSR count). The van der Waals surface area contributed by atoms with Crippen LogP contribution >= 0.6 is 0 Å². The van der Waals surface area contributed by atoms with Crippen molar-refractivity contribution in [1.29, 1.82) is 0 Å². The zero-order valence-corrected chi connectivity index (χ0v) is 66.4. The van der Waals surface area contributed by atoms with Crippen LogP contribution in [0.25, 0.3) is 10.9 Å². The summed E-state index contributed by atoms with van der Waals surface area (Å²) in [6.45, 7) is 66.0. The van der Waals surface area contributed by atoms with E-state index in [0.717, 1.165) is 53.2 Å². The van der Waals surface area contributed by atoms with Crippen molar-refractivity contribution in [2.24, 2.45) is 22.9 Å². The van der Waals surface area contributed by atoms with E-state index in [-0.39, 0.29) is 48.9 Å². The zero-order chi connectivity index (χ0) is 76.0. The highest BCUT2D eigenvalue weighted by Gasteiger charge is 2.24. The van der Waals surface area contributed by atoms with Gasteiger partial charge in [0.2, 0.25) is 5.56 Å². The van der Waals surface area contributed by atoms with Crippen LogP contribution in [0.15, 0.2) is 221 Å². The minimum atomic E-state index is -0.720. The number of dihydropyridines is 2. The Kier molecular flexibility index (Phi) is 27.7. The predicted molar refractivity (Wildman–Crippen MR) is 432 cm³/mol. The third-order valence-electron chi connectivity index (χ3n) is 17.6. The van der Waals surface area contributed by atoms with Gasteiger partial charge in [0.25, 0.3) is 5.56 Å². The standard InChI is InChI=1S/C14H18.C13H15N.C12H15NO.C12H15N.C10H15NO.C10H17N.C10H15N.C9H12FNO/c1-10-7-11-5-6-13(14(2,3)4)9-12(11)8-10;1-13(2,3)11-7-6-10-5-4-8-14-12(10)9-11;1-8-13-10-7-9(12(2,3)4)5-6-11(10)14-8;1-12(2,3)10-5-4-9-6-7-13-11(9)8-10;1-10(2,3)8-5-6-9(12)11(4)7-8;2*1-8-5-6-9(7-11-8)10(2,3)4;1-9(2,3)6-4-7(10)8(12)11-5-6/h5-6,9H,1,7-8H2,2-4H3;4-9H,1-3H3;5-7,13H,1H2,2-4H3;4-5,7-8H,6H2,1-3H3;5-7H,1-4H3;5-8,11H,1-4H3;5-7,11H,1H2,2-4H3;4-5H,1-3H3,(H,11,12). The molecule has 3 aromatic heterocycles. The van der Waals surface area contributed by atoms with Crippen molar-refractivity contribution in [2.45, 2.75) is 231 Å². The van der Waals surface area contributed by atoms with E-state index in [1.54, 1.807) is 23.9 Å². The number of hydrogen-bond donors (Lipinski definition) is 4. The molecule has 1 atom stereocenters. The van der Waals surface area contributed by atoms with E-state index in [4.69, 9.17) is 4.74 Å². The maximum absolute atomic E-state index is 12.8. The molecule has 11 heteroatoms. The van der Waals surface area contributed by atoms with Gasteiger partial charge in [-0.1, -0.05) is 264 Å². The third-order valence-corrected chi connectivity index (χ3v) is 17.6. The zero-order valence-electron chi connectivity index (χ0n) is 66.4. The molecule has 4 N–H and O–H groups in total. The highest BCUT2D eigenvalue weighted by atomic mass is 19.1. The third kappa shape index (κ3) is 26.3. The number of fused-ring (bicyclic) bond motifs is 4. The quantitative estimate of drug-likeness (QED) is 0.111. The fourth-order valence-corrected chi connectivity index (χ4v) is 10.5. The molecule has 0 bridgehead atoms. The van der Waals surface area contributed by atoms with Crippen LogP contribution in [-0.2, 0) is 58.8 Å². The van der Waals surface area contributed by atoms with Crippen molar-refractivity contribution in [3.8, 4) is 5.75 Å². The van der Waals surface area contributed by atoms with Gasteiger partial charge in [-0.05, 0) is 173 Å². The first-order valence-electron chi connectivity index (χ1n) is 35.5. The molecule has 4 aromatic carbocycles. The molecular formula is C90H122FN7O3. The van der Waals surface area contributed by atoms with Gasteiger partial charge in [0.05, 0.1) is 16.9 Å². The largest absolute Gasteiger partial charge is 0.440 e. The van der Waals surface area contributed by atoms with E-state index in [1.807, 2.05) is 69.9 Å². The number of ether oxygens (including phenoxy) is 1. The number of anilines is 1. The SMILES string of the molecule is C=C1C=CC(C(C)(C)C)=CN1.C=C1Cc2ccc(C(C)(C)C)cc2C1.C=C1Nc2cc(C(C)(C)C)ccc2O1.CC(C)(C)c1c[nH]c(=O)c(F)c1.CC(C)(C)c1ccc2c(c1)N=CC2.CC(C)(C)c1ccc2cccnc2c1.CC1C=CC(C(C)(C)C)=CN1.Cn1cc(C(C)(C)C)ccc1=O. The van der Waals surface area contributed by atoms with Crippen molar-refractivity contribution in [3.63, 3.8) is 0 Å². The van der Waals surface area contributed by atoms with Crippen LogP contribution in [0.1, 0.15) is 223 Å². The molecule has 7 aromatic rings. The molecule has 0 spiro atoms. The summed E-state index contributed by atoms with van der Waals surface area (Å²) in [5.41, 5.74) is 20.7. The number of aromatic amines is 1. The number of nitrogens with one attached hydrogen (secondary N) is 4. The van der Waals surface area contributed by atoms with Gasteiger partial charge in [0, 0.05) is 73.9 Å². The number of halogens is 1. The molecule has 4 aliphatic heterocycles. The molecule has 0 saturated heterocycles. The Hall–Kier alpha value is -8.83. The molecule has 5 aliphatic rings. The van der Waals surface area contributed by atoms with Crippen molar-refractivity contribution in [1.82, 2.24) is 25.2 Å². The van der Waals surface area contributed by atoms with E-state index in [0.29, 0.717) is 11.9 Å². The normalized spacial score (nSPS) is 15.1.